The van der Waals surface area contributed by atoms with Crippen molar-refractivity contribution < 1.29 is 14.0 Å². The molecule has 0 unspecified atom stereocenters. The van der Waals surface area contributed by atoms with Gasteiger partial charge in [-0.25, -0.2) is 0 Å². The van der Waals surface area contributed by atoms with Gasteiger partial charge in [0.1, 0.15) is 6.04 Å². The fourth-order valence-electron chi connectivity index (χ4n) is 2.29. The van der Waals surface area contributed by atoms with Crippen molar-refractivity contribution in [3.8, 4) is 0 Å². The maximum absolute atomic E-state index is 12.4. The van der Waals surface area contributed by atoms with Crippen LogP contribution < -0.4 is 10.6 Å². The molecule has 0 saturated carbocycles. The second-order valence-electron chi connectivity index (χ2n) is 5.92. The lowest BCUT2D eigenvalue weighted by atomic mass is 10.0. The van der Waals surface area contributed by atoms with Gasteiger partial charge in [-0.3, -0.25) is 9.59 Å². The van der Waals surface area contributed by atoms with Crippen molar-refractivity contribution in [2.24, 2.45) is 13.0 Å². The van der Waals surface area contributed by atoms with E-state index in [0.29, 0.717) is 6.54 Å². The second kappa shape index (κ2) is 7.17. The lowest BCUT2D eigenvalue weighted by Crippen LogP contribution is -2.49. The minimum Gasteiger partial charge on any atom is -0.459 e. The molecule has 0 radical (unpaired) electrons. The zero-order chi connectivity index (χ0) is 17.0. The molecule has 23 heavy (non-hydrogen) atoms. The van der Waals surface area contributed by atoms with Crippen molar-refractivity contribution in [2.75, 3.05) is 0 Å². The smallest absolute Gasteiger partial charge is 0.287 e. The summed E-state index contributed by atoms with van der Waals surface area (Å²) in [6, 6.07) is 6.56. The molecule has 0 saturated heterocycles. The number of aryl methyl sites for hydroxylation is 1. The van der Waals surface area contributed by atoms with Gasteiger partial charge in [0, 0.05) is 18.4 Å². The molecule has 0 aliphatic rings. The van der Waals surface area contributed by atoms with Crippen LogP contribution in [0.4, 0.5) is 0 Å². The number of furan rings is 1. The normalized spacial score (nSPS) is 12.2. The van der Waals surface area contributed by atoms with Crippen LogP contribution in [0.15, 0.2) is 34.9 Å². The summed E-state index contributed by atoms with van der Waals surface area (Å²) < 4.78 is 7.08. The number of hydrogen-bond acceptors (Lipinski definition) is 3. The van der Waals surface area contributed by atoms with Crippen LogP contribution in [0.3, 0.4) is 0 Å². The quantitative estimate of drug-likeness (QED) is 0.855. The SMILES string of the molecule is Cc1ccc(CNC(=O)[C@@H](NC(=O)c2ccco2)C(C)C)n1C. The van der Waals surface area contributed by atoms with Crippen LogP contribution in [0.1, 0.15) is 35.8 Å². The van der Waals surface area contributed by atoms with E-state index in [0.717, 1.165) is 11.4 Å². The number of hydrogen-bond donors (Lipinski definition) is 2. The molecule has 6 heteroatoms. The van der Waals surface area contributed by atoms with Gasteiger partial charge in [0.05, 0.1) is 12.8 Å². The Labute approximate surface area is 135 Å². The Hall–Kier alpha value is -2.50. The number of nitrogens with zero attached hydrogens (tertiary/aromatic N) is 1. The summed E-state index contributed by atoms with van der Waals surface area (Å²) >= 11 is 0. The maximum atomic E-state index is 12.4. The van der Waals surface area contributed by atoms with Crippen LogP contribution in [0.25, 0.3) is 0 Å². The van der Waals surface area contributed by atoms with E-state index < -0.39 is 11.9 Å². The first-order valence-electron chi connectivity index (χ1n) is 7.63. The highest BCUT2D eigenvalue weighted by atomic mass is 16.3. The molecule has 2 aromatic heterocycles. The Morgan fingerprint density at radius 3 is 2.52 bits per heavy atom. The molecular weight excluding hydrogens is 294 g/mol. The predicted octanol–water partition coefficient (Wildman–Crippen LogP) is 2.00. The zero-order valence-corrected chi connectivity index (χ0v) is 13.9. The maximum Gasteiger partial charge on any atom is 0.287 e. The second-order valence-corrected chi connectivity index (χ2v) is 5.92. The molecule has 6 nitrogen and oxygen atoms in total. The molecule has 0 spiro atoms. The number of rotatable bonds is 6. The van der Waals surface area contributed by atoms with Crippen LogP contribution in [0.5, 0.6) is 0 Å². The van der Waals surface area contributed by atoms with E-state index in [2.05, 4.69) is 10.6 Å². The largest absolute Gasteiger partial charge is 0.459 e. The van der Waals surface area contributed by atoms with Gasteiger partial charge in [-0.1, -0.05) is 13.8 Å². The van der Waals surface area contributed by atoms with E-state index in [1.807, 2.05) is 44.5 Å². The number of nitrogens with one attached hydrogen (secondary N) is 2. The molecule has 2 heterocycles. The third-order valence-corrected chi connectivity index (χ3v) is 3.90. The molecule has 0 fully saturated rings. The Morgan fingerprint density at radius 2 is 2.00 bits per heavy atom. The summed E-state index contributed by atoms with van der Waals surface area (Å²) in [4.78, 5) is 24.5. The first-order valence-corrected chi connectivity index (χ1v) is 7.63. The van der Waals surface area contributed by atoms with Gasteiger partial charge in [0.25, 0.3) is 5.91 Å². The molecule has 2 amide bonds. The molecule has 2 aromatic rings. The highest BCUT2D eigenvalue weighted by Crippen LogP contribution is 2.08. The van der Waals surface area contributed by atoms with Crippen LogP contribution in [0, 0.1) is 12.8 Å². The van der Waals surface area contributed by atoms with Crippen LogP contribution >= 0.6 is 0 Å². The van der Waals surface area contributed by atoms with E-state index in [9.17, 15) is 9.59 Å². The molecule has 0 aliphatic carbocycles. The third kappa shape index (κ3) is 4.03. The van der Waals surface area contributed by atoms with E-state index >= 15 is 0 Å². The highest BCUT2D eigenvalue weighted by molar-refractivity contribution is 5.95. The lowest BCUT2D eigenvalue weighted by molar-refractivity contribution is -0.124. The first-order chi connectivity index (χ1) is 10.9. The summed E-state index contributed by atoms with van der Waals surface area (Å²) in [5.74, 6) is -0.442. The van der Waals surface area contributed by atoms with Crippen molar-refractivity contribution in [1.29, 1.82) is 0 Å². The monoisotopic (exact) mass is 317 g/mol. The van der Waals surface area contributed by atoms with Crippen molar-refractivity contribution in [3.05, 3.63) is 47.7 Å². The minimum absolute atomic E-state index is 0.0379. The van der Waals surface area contributed by atoms with Gasteiger partial charge >= 0.3 is 0 Å². The average Bonchev–Trinajstić information content (AvgIpc) is 3.14. The molecule has 0 aromatic carbocycles. The van der Waals surface area contributed by atoms with Crippen molar-refractivity contribution in [3.63, 3.8) is 0 Å². The molecular formula is C17H23N3O3. The number of aromatic nitrogens is 1. The van der Waals surface area contributed by atoms with E-state index in [4.69, 9.17) is 4.42 Å². The topological polar surface area (TPSA) is 76.3 Å². The average molecular weight is 317 g/mol. The summed E-state index contributed by atoms with van der Waals surface area (Å²) in [5, 5.41) is 5.60. The van der Waals surface area contributed by atoms with Gasteiger partial charge in [0.15, 0.2) is 5.76 Å². The van der Waals surface area contributed by atoms with Crippen LogP contribution in [0.2, 0.25) is 0 Å². The predicted molar refractivity (Wildman–Crippen MR) is 86.8 cm³/mol. The van der Waals surface area contributed by atoms with E-state index in [1.54, 1.807) is 12.1 Å². The summed E-state index contributed by atoms with van der Waals surface area (Å²) in [6.07, 6.45) is 1.43. The zero-order valence-electron chi connectivity index (χ0n) is 13.9. The Morgan fingerprint density at radius 1 is 1.26 bits per heavy atom. The van der Waals surface area contributed by atoms with Gasteiger partial charge in [-0.05, 0) is 37.1 Å². The number of carbonyl (C=O) groups excluding carboxylic acids is 2. The third-order valence-electron chi connectivity index (χ3n) is 3.90. The van der Waals surface area contributed by atoms with Crippen molar-refractivity contribution in [2.45, 2.75) is 33.4 Å². The van der Waals surface area contributed by atoms with Crippen molar-refractivity contribution in [1.82, 2.24) is 15.2 Å². The van der Waals surface area contributed by atoms with Crippen molar-refractivity contribution >= 4 is 11.8 Å². The fraction of sp³-hybridized carbons (Fsp3) is 0.412. The van der Waals surface area contributed by atoms with Gasteiger partial charge in [-0.2, -0.15) is 0 Å². The molecule has 0 aliphatic heterocycles. The molecule has 2 rings (SSSR count). The minimum atomic E-state index is -0.617. The molecule has 1 atom stereocenters. The Bertz CT molecular complexity index is 671. The van der Waals surface area contributed by atoms with Gasteiger partial charge in [0.2, 0.25) is 5.91 Å². The summed E-state index contributed by atoms with van der Waals surface area (Å²) in [6.45, 7) is 6.20. The van der Waals surface area contributed by atoms with Gasteiger partial charge < -0.3 is 19.6 Å². The number of amides is 2. The summed E-state index contributed by atoms with van der Waals surface area (Å²) in [5.41, 5.74) is 2.14. The van der Waals surface area contributed by atoms with Crippen LogP contribution in [-0.4, -0.2) is 22.4 Å². The Kier molecular flexibility index (Phi) is 5.26. The molecule has 0 bridgehead atoms. The standard InChI is InChI=1S/C17H23N3O3/c1-11(2)15(19-16(21)14-6-5-9-23-14)17(22)18-10-13-8-7-12(3)20(13)4/h5-9,11,15H,10H2,1-4H3,(H,18,22)(H,19,21)/t15-/m0/s1. The Balaban J connectivity index is 1.98. The highest BCUT2D eigenvalue weighted by Gasteiger charge is 2.25. The molecule has 2 N–H and O–H groups in total. The fourth-order valence-corrected chi connectivity index (χ4v) is 2.29. The van der Waals surface area contributed by atoms with E-state index in [1.165, 1.54) is 6.26 Å². The molecule has 124 valence electrons. The van der Waals surface area contributed by atoms with Crippen LogP contribution in [-0.2, 0) is 18.4 Å². The lowest BCUT2D eigenvalue weighted by Gasteiger charge is -2.21. The first kappa shape index (κ1) is 16.9. The number of carbonyl (C=O) groups is 2. The van der Waals surface area contributed by atoms with E-state index in [-0.39, 0.29) is 17.6 Å². The van der Waals surface area contributed by atoms with Gasteiger partial charge in [-0.15, -0.1) is 0 Å². The summed E-state index contributed by atoms with van der Waals surface area (Å²) in [7, 11) is 1.95.